The Labute approximate surface area is 91.2 Å². The molecular formula is C8H13N5O3. The molecule has 8 nitrogen and oxygen atoms in total. The molecule has 1 aromatic rings. The van der Waals surface area contributed by atoms with E-state index in [1.807, 2.05) is 0 Å². The molecule has 0 bridgehead atoms. The van der Waals surface area contributed by atoms with Crippen molar-refractivity contribution in [2.45, 2.75) is 6.10 Å². The maximum absolute atomic E-state index is 11.5. The first-order valence-electron chi connectivity index (χ1n) is 4.46. The van der Waals surface area contributed by atoms with Crippen LogP contribution in [0.25, 0.3) is 0 Å². The van der Waals surface area contributed by atoms with Crippen molar-refractivity contribution >= 4 is 17.5 Å². The fourth-order valence-corrected chi connectivity index (χ4v) is 1.06. The molecular weight excluding hydrogens is 214 g/mol. The van der Waals surface area contributed by atoms with E-state index in [2.05, 4.69) is 10.4 Å². The zero-order valence-electron chi connectivity index (χ0n) is 8.67. The van der Waals surface area contributed by atoms with Crippen molar-refractivity contribution in [3.05, 3.63) is 11.9 Å². The number of primary amides is 1. The molecule has 8 heteroatoms. The summed E-state index contributed by atoms with van der Waals surface area (Å²) in [6.45, 7) is -0.274. The molecule has 0 spiro atoms. The second kappa shape index (κ2) is 4.62. The SMILES string of the molecule is Cn1cc(N)c(C(=O)NCC(O)C(N)=O)n1. The van der Waals surface area contributed by atoms with Crippen molar-refractivity contribution in [2.24, 2.45) is 12.8 Å². The quantitative estimate of drug-likeness (QED) is 0.453. The maximum atomic E-state index is 11.5. The largest absolute Gasteiger partial charge is 0.396 e. The lowest BCUT2D eigenvalue weighted by Gasteiger charge is -2.07. The van der Waals surface area contributed by atoms with Gasteiger partial charge in [-0.3, -0.25) is 14.3 Å². The molecule has 2 amide bonds. The van der Waals surface area contributed by atoms with Gasteiger partial charge in [0.1, 0.15) is 6.10 Å². The van der Waals surface area contributed by atoms with Crippen molar-refractivity contribution in [1.82, 2.24) is 15.1 Å². The normalized spacial score (nSPS) is 12.1. The van der Waals surface area contributed by atoms with Crippen LogP contribution < -0.4 is 16.8 Å². The monoisotopic (exact) mass is 227 g/mol. The van der Waals surface area contributed by atoms with Gasteiger partial charge in [-0.25, -0.2) is 0 Å². The van der Waals surface area contributed by atoms with E-state index in [1.54, 1.807) is 7.05 Å². The molecule has 16 heavy (non-hydrogen) atoms. The van der Waals surface area contributed by atoms with Crippen LogP contribution in [-0.4, -0.2) is 39.4 Å². The minimum absolute atomic E-state index is 0.0409. The van der Waals surface area contributed by atoms with E-state index >= 15 is 0 Å². The van der Waals surface area contributed by atoms with E-state index in [9.17, 15) is 9.59 Å². The number of rotatable bonds is 4. The average Bonchev–Trinajstić information content (AvgIpc) is 2.53. The van der Waals surface area contributed by atoms with Gasteiger partial charge in [-0.15, -0.1) is 0 Å². The third-order valence-electron chi connectivity index (χ3n) is 1.86. The van der Waals surface area contributed by atoms with E-state index < -0.39 is 17.9 Å². The Bertz CT molecular complexity index is 414. The standard InChI is InChI=1S/C8H13N5O3/c1-13-3-4(9)6(12-13)8(16)11-2-5(14)7(10)15/h3,5,14H,2,9H2,1H3,(H2,10,15)(H,11,16). The lowest BCUT2D eigenvalue weighted by atomic mass is 10.3. The molecule has 0 fully saturated rings. The highest BCUT2D eigenvalue weighted by Crippen LogP contribution is 2.07. The summed E-state index contributed by atoms with van der Waals surface area (Å²) in [5.74, 6) is -1.48. The van der Waals surface area contributed by atoms with Crippen molar-refractivity contribution in [3.8, 4) is 0 Å². The van der Waals surface area contributed by atoms with Gasteiger partial charge < -0.3 is 21.9 Å². The molecule has 0 saturated heterocycles. The second-order valence-electron chi connectivity index (χ2n) is 3.23. The number of aryl methyl sites for hydroxylation is 1. The lowest BCUT2D eigenvalue weighted by molar-refractivity contribution is -0.125. The molecule has 0 aromatic carbocycles. The summed E-state index contributed by atoms with van der Waals surface area (Å²) in [4.78, 5) is 22.0. The molecule has 1 unspecified atom stereocenters. The van der Waals surface area contributed by atoms with E-state index in [1.165, 1.54) is 10.9 Å². The van der Waals surface area contributed by atoms with Crippen LogP contribution in [-0.2, 0) is 11.8 Å². The van der Waals surface area contributed by atoms with Crippen LogP contribution in [0.5, 0.6) is 0 Å². The van der Waals surface area contributed by atoms with Gasteiger partial charge in [0.05, 0.1) is 12.2 Å². The first kappa shape index (κ1) is 12.0. The zero-order chi connectivity index (χ0) is 12.3. The molecule has 0 saturated carbocycles. The summed E-state index contributed by atoms with van der Waals surface area (Å²) in [5, 5.41) is 15.2. The van der Waals surface area contributed by atoms with E-state index in [-0.39, 0.29) is 17.9 Å². The first-order chi connectivity index (χ1) is 7.41. The smallest absolute Gasteiger partial charge is 0.274 e. The molecule has 6 N–H and O–H groups in total. The van der Waals surface area contributed by atoms with Gasteiger partial charge in [-0.2, -0.15) is 5.10 Å². The molecule has 1 aromatic heterocycles. The maximum Gasteiger partial charge on any atom is 0.274 e. The van der Waals surface area contributed by atoms with Gasteiger partial charge in [-0.05, 0) is 0 Å². The van der Waals surface area contributed by atoms with Crippen LogP contribution in [0.1, 0.15) is 10.5 Å². The second-order valence-corrected chi connectivity index (χ2v) is 3.23. The van der Waals surface area contributed by atoms with Crippen LogP contribution in [0.15, 0.2) is 6.20 Å². The Morgan fingerprint density at radius 1 is 1.69 bits per heavy atom. The summed E-state index contributed by atoms with van der Waals surface area (Å²) < 4.78 is 1.38. The minimum Gasteiger partial charge on any atom is -0.396 e. The number of carbonyl (C=O) groups excluding carboxylic acids is 2. The first-order valence-corrected chi connectivity index (χ1v) is 4.46. The average molecular weight is 227 g/mol. The highest BCUT2D eigenvalue weighted by atomic mass is 16.3. The Hall–Kier alpha value is -2.09. The topological polar surface area (TPSA) is 136 Å². The van der Waals surface area contributed by atoms with Crippen LogP contribution in [0.3, 0.4) is 0 Å². The molecule has 88 valence electrons. The third-order valence-corrected chi connectivity index (χ3v) is 1.86. The predicted molar refractivity (Wildman–Crippen MR) is 55.2 cm³/mol. The number of hydrogen-bond donors (Lipinski definition) is 4. The van der Waals surface area contributed by atoms with Gasteiger partial charge in [0, 0.05) is 13.2 Å². The number of aliphatic hydroxyl groups is 1. The van der Waals surface area contributed by atoms with Crippen molar-refractivity contribution < 1.29 is 14.7 Å². The predicted octanol–water partition coefficient (Wildman–Crippen LogP) is -2.42. The van der Waals surface area contributed by atoms with Crippen molar-refractivity contribution in [1.29, 1.82) is 0 Å². The van der Waals surface area contributed by atoms with Crippen molar-refractivity contribution in [2.75, 3.05) is 12.3 Å². The summed E-state index contributed by atoms with van der Waals surface area (Å²) in [6.07, 6.45) is 0.0493. The summed E-state index contributed by atoms with van der Waals surface area (Å²) >= 11 is 0. The number of carbonyl (C=O) groups is 2. The molecule has 0 radical (unpaired) electrons. The van der Waals surface area contributed by atoms with E-state index in [4.69, 9.17) is 16.6 Å². The van der Waals surface area contributed by atoms with Crippen LogP contribution in [0.2, 0.25) is 0 Å². The summed E-state index contributed by atoms with van der Waals surface area (Å²) in [6, 6.07) is 0. The van der Waals surface area contributed by atoms with Gasteiger partial charge in [0.15, 0.2) is 5.69 Å². The van der Waals surface area contributed by atoms with Gasteiger partial charge in [0.2, 0.25) is 5.91 Å². The van der Waals surface area contributed by atoms with Gasteiger partial charge in [0.25, 0.3) is 5.91 Å². The zero-order valence-corrected chi connectivity index (χ0v) is 8.67. The number of hydrogen-bond acceptors (Lipinski definition) is 5. The molecule has 0 aliphatic rings. The van der Waals surface area contributed by atoms with Crippen molar-refractivity contribution in [3.63, 3.8) is 0 Å². The number of aromatic nitrogens is 2. The fourth-order valence-electron chi connectivity index (χ4n) is 1.06. The number of anilines is 1. The van der Waals surface area contributed by atoms with Gasteiger partial charge in [-0.1, -0.05) is 0 Å². The Balaban J connectivity index is 2.60. The third kappa shape index (κ3) is 2.70. The highest BCUT2D eigenvalue weighted by Gasteiger charge is 2.17. The Morgan fingerprint density at radius 3 is 2.75 bits per heavy atom. The van der Waals surface area contributed by atoms with Crippen LogP contribution in [0, 0.1) is 0 Å². The Kier molecular flexibility index (Phi) is 3.46. The van der Waals surface area contributed by atoms with Gasteiger partial charge >= 0.3 is 0 Å². The summed E-state index contributed by atoms with van der Waals surface area (Å²) in [5.41, 5.74) is 10.6. The molecule has 1 rings (SSSR count). The van der Waals surface area contributed by atoms with E-state index in [0.29, 0.717) is 0 Å². The fraction of sp³-hybridized carbons (Fsp3) is 0.375. The number of nitrogens with zero attached hydrogens (tertiary/aromatic N) is 2. The molecule has 1 heterocycles. The highest BCUT2D eigenvalue weighted by molar-refractivity contribution is 5.97. The number of amides is 2. The van der Waals surface area contributed by atoms with Crippen LogP contribution >= 0.6 is 0 Å². The molecule has 0 aliphatic heterocycles. The number of nitrogen functional groups attached to an aromatic ring is 1. The molecule has 1 atom stereocenters. The lowest BCUT2D eigenvalue weighted by Crippen LogP contribution is -2.40. The van der Waals surface area contributed by atoms with Crippen LogP contribution in [0.4, 0.5) is 5.69 Å². The number of aliphatic hydroxyl groups excluding tert-OH is 1. The van der Waals surface area contributed by atoms with E-state index in [0.717, 1.165) is 0 Å². The minimum atomic E-state index is -1.42. The number of nitrogens with two attached hydrogens (primary N) is 2. The Morgan fingerprint density at radius 2 is 2.31 bits per heavy atom. The number of nitrogens with one attached hydrogen (secondary N) is 1. The summed E-state index contributed by atoms with van der Waals surface area (Å²) in [7, 11) is 1.62. The molecule has 0 aliphatic carbocycles.